The lowest BCUT2D eigenvalue weighted by Crippen LogP contribution is -2.25. The molecule has 2 N–H and O–H groups in total. The number of hydrogen-bond donors (Lipinski definition) is 2. The van der Waals surface area contributed by atoms with Crippen LogP contribution in [0.3, 0.4) is 0 Å². The largest absolute Gasteiger partial charge is 0.351 e. The van der Waals surface area contributed by atoms with Gasteiger partial charge in [0.2, 0.25) is 11.8 Å². The van der Waals surface area contributed by atoms with E-state index in [1.807, 2.05) is 36.5 Å². The molecule has 0 aliphatic heterocycles. The lowest BCUT2D eigenvalue weighted by molar-refractivity contribution is -0.118. The summed E-state index contributed by atoms with van der Waals surface area (Å²) in [5.74, 6) is -1.07. The molecule has 0 saturated carbocycles. The van der Waals surface area contributed by atoms with Crippen molar-refractivity contribution in [3.8, 4) is 16.9 Å². The zero-order chi connectivity index (χ0) is 24.6. The summed E-state index contributed by atoms with van der Waals surface area (Å²) in [6.45, 7) is 0.223. The summed E-state index contributed by atoms with van der Waals surface area (Å²) >= 11 is 1.17. The van der Waals surface area contributed by atoms with Gasteiger partial charge in [-0.05, 0) is 60.7 Å². The number of aromatic nitrogens is 2. The number of nitrogens with zero attached hydrogens (tertiary/aromatic N) is 2. The minimum absolute atomic E-state index is 0.0809. The minimum Gasteiger partial charge on any atom is -0.351 e. The number of halogens is 2. The van der Waals surface area contributed by atoms with Crippen LogP contribution in [0.1, 0.15) is 5.56 Å². The fraction of sp³-hybridized carbons (Fsp3) is 0.115. The molecule has 6 nitrogen and oxygen atoms in total. The van der Waals surface area contributed by atoms with Crippen LogP contribution < -0.4 is 10.6 Å². The first-order chi connectivity index (χ1) is 17.0. The number of rotatable bonds is 9. The van der Waals surface area contributed by atoms with Crippen LogP contribution in [0.15, 0.2) is 85.1 Å². The molecule has 0 fully saturated rings. The summed E-state index contributed by atoms with van der Waals surface area (Å²) in [6.07, 6.45) is 1.83. The smallest absolute Gasteiger partial charge is 0.234 e. The van der Waals surface area contributed by atoms with E-state index in [0.717, 1.165) is 16.8 Å². The average molecular weight is 493 g/mol. The summed E-state index contributed by atoms with van der Waals surface area (Å²) in [6, 6.07) is 21.0. The third kappa shape index (κ3) is 6.77. The molecule has 0 radical (unpaired) electrons. The number of carbonyl (C=O) groups excluding carboxylic acids is 2. The number of thioether (sulfide) groups is 1. The van der Waals surface area contributed by atoms with Gasteiger partial charge in [-0.3, -0.25) is 9.59 Å². The van der Waals surface area contributed by atoms with Crippen molar-refractivity contribution in [3.63, 3.8) is 0 Å². The number of nitrogens with one attached hydrogen (secondary N) is 2. The third-order valence-electron chi connectivity index (χ3n) is 5.00. The van der Waals surface area contributed by atoms with Gasteiger partial charge in [0.1, 0.15) is 11.6 Å². The van der Waals surface area contributed by atoms with Crippen molar-refractivity contribution in [1.29, 1.82) is 0 Å². The summed E-state index contributed by atoms with van der Waals surface area (Å²) < 4.78 is 28.1. The van der Waals surface area contributed by atoms with Crippen LogP contribution in [0.2, 0.25) is 0 Å². The van der Waals surface area contributed by atoms with Crippen molar-refractivity contribution in [1.82, 2.24) is 15.1 Å². The van der Waals surface area contributed by atoms with E-state index in [1.54, 1.807) is 16.8 Å². The van der Waals surface area contributed by atoms with Gasteiger partial charge in [-0.15, -0.1) is 11.8 Å². The molecule has 4 aromatic rings. The van der Waals surface area contributed by atoms with Crippen molar-refractivity contribution >= 4 is 29.3 Å². The van der Waals surface area contributed by atoms with Crippen LogP contribution in [0, 0.1) is 11.6 Å². The number of para-hydroxylation sites is 1. The molecule has 2 amide bonds. The van der Waals surface area contributed by atoms with Crippen molar-refractivity contribution in [2.75, 3.05) is 16.8 Å². The second kappa shape index (κ2) is 11.4. The van der Waals surface area contributed by atoms with E-state index in [4.69, 9.17) is 0 Å². The third-order valence-corrected chi connectivity index (χ3v) is 5.93. The highest BCUT2D eigenvalue weighted by atomic mass is 32.2. The highest BCUT2D eigenvalue weighted by Gasteiger charge is 2.14. The molecule has 4 rings (SSSR count). The highest BCUT2D eigenvalue weighted by Crippen LogP contribution is 2.24. The first kappa shape index (κ1) is 24.2. The molecule has 0 aliphatic rings. The molecule has 35 heavy (non-hydrogen) atoms. The lowest BCUT2D eigenvalue weighted by atomic mass is 10.1. The average Bonchev–Trinajstić information content (AvgIpc) is 3.29. The molecule has 0 bridgehead atoms. The van der Waals surface area contributed by atoms with Gasteiger partial charge in [-0.2, -0.15) is 5.10 Å². The number of hydrogen-bond acceptors (Lipinski definition) is 4. The van der Waals surface area contributed by atoms with E-state index >= 15 is 0 Å². The number of carbonyl (C=O) groups is 2. The topological polar surface area (TPSA) is 76.0 Å². The van der Waals surface area contributed by atoms with Crippen molar-refractivity contribution < 1.29 is 18.4 Å². The van der Waals surface area contributed by atoms with Gasteiger partial charge in [0, 0.05) is 29.6 Å². The Hall–Kier alpha value is -3.98. The van der Waals surface area contributed by atoms with Gasteiger partial charge in [0.25, 0.3) is 0 Å². The maximum absolute atomic E-state index is 13.4. The van der Waals surface area contributed by atoms with Crippen LogP contribution >= 0.6 is 11.8 Å². The first-order valence-electron chi connectivity index (χ1n) is 10.8. The number of anilines is 1. The Morgan fingerprint density at radius 3 is 2.14 bits per heavy atom. The Kier molecular flexibility index (Phi) is 7.89. The number of benzene rings is 3. The molecular weight excluding hydrogens is 470 g/mol. The molecule has 178 valence electrons. The minimum atomic E-state index is -0.383. The number of amides is 2. The van der Waals surface area contributed by atoms with E-state index in [2.05, 4.69) is 15.7 Å². The van der Waals surface area contributed by atoms with Gasteiger partial charge < -0.3 is 10.6 Å². The molecular formula is C26H22F2N4O2S. The van der Waals surface area contributed by atoms with E-state index in [-0.39, 0.29) is 41.5 Å². The summed E-state index contributed by atoms with van der Waals surface area (Å²) in [7, 11) is 0. The molecule has 0 spiro atoms. The quantitative estimate of drug-likeness (QED) is 0.352. The Bertz CT molecular complexity index is 1290. The fourth-order valence-electron chi connectivity index (χ4n) is 3.31. The van der Waals surface area contributed by atoms with Crippen molar-refractivity contribution in [3.05, 3.63) is 102 Å². The van der Waals surface area contributed by atoms with E-state index in [0.29, 0.717) is 11.4 Å². The van der Waals surface area contributed by atoms with Crippen molar-refractivity contribution in [2.24, 2.45) is 0 Å². The monoisotopic (exact) mass is 492 g/mol. The lowest BCUT2D eigenvalue weighted by Gasteiger charge is -2.07. The molecule has 1 aromatic heterocycles. The van der Waals surface area contributed by atoms with Gasteiger partial charge >= 0.3 is 0 Å². The predicted octanol–water partition coefficient (Wildman–Crippen LogP) is 4.81. The van der Waals surface area contributed by atoms with Gasteiger partial charge in [-0.25, -0.2) is 13.5 Å². The Balaban J connectivity index is 1.35. The van der Waals surface area contributed by atoms with Crippen LogP contribution in [-0.2, 0) is 16.1 Å². The zero-order valence-corrected chi connectivity index (χ0v) is 19.4. The Labute approximate surface area is 205 Å². The summed E-state index contributed by atoms with van der Waals surface area (Å²) in [5, 5.41) is 10.2. The zero-order valence-electron chi connectivity index (χ0n) is 18.6. The maximum atomic E-state index is 13.4. The predicted molar refractivity (Wildman–Crippen MR) is 133 cm³/mol. The van der Waals surface area contributed by atoms with E-state index in [1.165, 1.54) is 48.2 Å². The molecule has 0 atom stereocenters. The van der Waals surface area contributed by atoms with Gasteiger partial charge in [0.15, 0.2) is 0 Å². The maximum Gasteiger partial charge on any atom is 0.234 e. The molecule has 9 heteroatoms. The summed E-state index contributed by atoms with van der Waals surface area (Å²) in [5.41, 5.74) is 3.49. The fourth-order valence-corrected chi connectivity index (χ4v) is 3.96. The molecule has 0 aliphatic carbocycles. The second-order valence-electron chi connectivity index (χ2n) is 7.61. The van der Waals surface area contributed by atoms with Crippen LogP contribution in [0.5, 0.6) is 0 Å². The Morgan fingerprint density at radius 2 is 1.46 bits per heavy atom. The van der Waals surface area contributed by atoms with E-state index < -0.39 is 0 Å². The SMILES string of the molecule is O=C(CSCC(=O)Nc1ccc(F)cc1)NCc1cn(-c2ccccc2)nc1-c1ccc(F)cc1. The summed E-state index contributed by atoms with van der Waals surface area (Å²) in [4.78, 5) is 24.4. The Morgan fingerprint density at radius 1 is 0.829 bits per heavy atom. The van der Waals surface area contributed by atoms with Crippen molar-refractivity contribution in [2.45, 2.75) is 6.54 Å². The van der Waals surface area contributed by atoms with Gasteiger partial charge in [-0.1, -0.05) is 18.2 Å². The first-order valence-corrected chi connectivity index (χ1v) is 11.9. The standard InChI is InChI=1S/C26H22F2N4O2S/c27-20-8-6-18(7-9-20)26-19(15-32(31-26)23-4-2-1-3-5-23)14-29-24(33)16-35-17-25(34)30-22-12-10-21(28)11-13-22/h1-13,15H,14,16-17H2,(H,29,33)(H,30,34). The van der Waals surface area contributed by atoms with Crippen LogP contribution in [0.25, 0.3) is 16.9 Å². The van der Waals surface area contributed by atoms with Gasteiger partial charge in [0.05, 0.1) is 22.9 Å². The van der Waals surface area contributed by atoms with Crippen LogP contribution in [-0.4, -0.2) is 33.1 Å². The molecule has 0 saturated heterocycles. The highest BCUT2D eigenvalue weighted by molar-refractivity contribution is 8.00. The molecule has 1 heterocycles. The normalized spacial score (nSPS) is 10.7. The molecule has 0 unspecified atom stereocenters. The van der Waals surface area contributed by atoms with E-state index in [9.17, 15) is 18.4 Å². The molecule has 3 aromatic carbocycles. The van der Waals surface area contributed by atoms with Crippen LogP contribution in [0.4, 0.5) is 14.5 Å². The second-order valence-corrected chi connectivity index (χ2v) is 8.60.